The second kappa shape index (κ2) is 5.37. The summed E-state index contributed by atoms with van der Waals surface area (Å²) < 4.78 is 15.1. The summed E-state index contributed by atoms with van der Waals surface area (Å²) in [6, 6.07) is 4.95. The van der Waals surface area contributed by atoms with Gasteiger partial charge >= 0.3 is 0 Å². The Morgan fingerprint density at radius 1 is 1.41 bits per heavy atom. The van der Waals surface area contributed by atoms with Gasteiger partial charge in [-0.2, -0.15) is 5.10 Å². The number of rotatable bonds is 4. The number of hydrogen-bond acceptors (Lipinski definition) is 3. The van der Waals surface area contributed by atoms with Crippen molar-refractivity contribution in [2.75, 3.05) is 0 Å². The lowest BCUT2D eigenvalue weighted by molar-refractivity contribution is 0.616. The number of aryl methyl sites for hydroxylation is 1. The Morgan fingerprint density at radius 2 is 2.24 bits per heavy atom. The lowest BCUT2D eigenvalue weighted by Gasteiger charge is -2.03. The second-order valence-electron chi connectivity index (χ2n) is 3.69. The van der Waals surface area contributed by atoms with Gasteiger partial charge in [-0.15, -0.1) is 0 Å². The molecule has 6 heteroatoms. The van der Waals surface area contributed by atoms with Crippen molar-refractivity contribution in [1.29, 1.82) is 0 Å². The zero-order valence-corrected chi connectivity index (χ0v) is 10.9. The first-order valence-corrected chi connectivity index (χ1v) is 5.93. The van der Waals surface area contributed by atoms with Crippen molar-refractivity contribution >= 4 is 15.9 Å². The van der Waals surface area contributed by atoms with Crippen LogP contribution in [0.25, 0.3) is 0 Å². The fourth-order valence-corrected chi connectivity index (χ4v) is 1.86. The summed E-state index contributed by atoms with van der Waals surface area (Å²) in [7, 11) is 1.83. The highest BCUT2D eigenvalue weighted by atomic mass is 79.9. The highest BCUT2D eigenvalue weighted by Gasteiger charge is 2.01. The molecule has 0 saturated carbocycles. The van der Waals surface area contributed by atoms with Crippen LogP contribution in [0.5, 0.6) is 0 Å². The molecule has 2 rings (SSSR count). The lowest BCUT2D eigenvalue weighted by atomic mass is 10.2. The molecule has 0 spiro atoms. The Labute approximate surface area is 107 Å². The summed E-state index contributed by atoms with van der Waals surface area (Å²) >= 11 is 3.16. The van der Waals surface area contributed by atoms with Gasteiger partial charge < -0.3 is 5.32 Å². The van der Waals surface area contributed by atoms with Gasteiger partial charge in [0, 0.05) is 13.6 Å². The third-order valence-corrected chi connectivity index (χ3v) is 2.85. The molecule has 1 heterocycles. The monoisotopic (exact) mass is 298 g/mol. The summed E-state index contributed by atoms with van der Waals surface area (Å²) in [5, 5.41) is 7.34. The van der Waals surface area contributed by atoms with E-state index in [-0.39, 0.29) is 5.82 Å². The highest BCUT2D eigenvalue weighted by Crippen LogP contribution is 2.16. The van der Waals surface area contributed by atoms with Crippen LogP contribution < -0.4 is 5.32 Å². The van der Waals surface area contributed by atoms with E-state index in [9.17, 15) is 4.39 Å². The molecule has 0 aliphatic rings. The summed E-state index contributed by atoms with van der Waals surface area (Å²) in [6.07, 6.45) is 1.66. The predicted molar refractivity (Wildman–Crippen MR) is 65.6 cm³/mol. The van der Waals surface area contributed by atoms with E-state index < -0.39 is 0 Å². The minimum atomic E-state index is -0.250. The first-order chi connectivity index (χ1) is 8.15. The lowest BCUT2D eigenvalue weighted by Crippen LogP contribution is -2.14. The van der Waals surface area contributed by atoms with Gasteiger partial charge in [0.25, 0.3) is 0 Å². The molecule has 17 heavy (non-hydrogen) atoms. The van der Waals surface area contributed by atoms with Crippen LogP contribution in [0, 0.1) is 5.82 Å². The Morgan fingerprint density at radius 3 is 2.88 bits per heavy atom. The van der Waals surface area contributed by atoms with Crippen molar-refractivity contribution in [3.8, 4) is 0 Å². The van der Waals surface area contributed by atoms with Crippen molar-refractivity contribution < 1.29 is 4.39 Å². The molecule has 1 aromatic heterocycles. The van der Waals surface area contributed by atoms with Gasteiger partial charge in [-0.3, -0.25) is 4.68 Å². The number of halogens is 2. The normalized spacial score (nSPS) is 10.8. The maximum atomic E-state index is 13.0. The molecule has 90 valence electrons. The van der Waals surface area contributed by atoms with Crippen LogP contribution in [0.3, 0.4) is 0 Å². The molecule has 0 atom stereocenters. The number of aromatic nitrogens is 3. The van der Waals surface area contributed by atoms with E-state index in [1.54, 1.807) is 23.1 Å². The van der Waals surface area contributed by atoms with E-state index in [2.05, 4.69) is 31.3 Å². The molecule has 0 radical (unpaired) electrons. The van der Waals surface area contributed by atoms with Crippen molar-refractivity contribution in [3.63, 3.8) is 0 Å². The third kappa shape index (κ3) is 3.34. The molecule has 0 fully saturated rings. The topological polar surface area (TPSA) is 42.7 Å². The number of hydrogen-bond donors (Lipinski definition) is 1. The van der Waals surface area contributed by atoms with E-state index in [0.717, 1.165) is 11.4 Å². The fraction of sp³-hybridized carbons (Fsp3) is 0.273. The van der Waals surface area contributed by atoms with Gasteiger partial charge in [0.1, 0.15) is 12.1 Å². The molecule has 1 aromatic carbocycles. The molecular formula is C11H12BrFN4. The minimum absolute atomic E-state index is 0.250. The first-order valence-electron chi connectivity index (χ1n) is 5.14. The number of nitrogens with one attached hydrogen (secondary N) is 1. The molecule has 0 amide bonds. The largest absolute Gasteiger partial charge is 0.306 e. The first kappa shape index (κ1) is 12.2. The Bertz CT molecular complexity index is 512. The van der Waals surface area contributed by atoms with Gasteiger partial charge in [0.15, 0.2) is 5.82 Å². The SMILES string of the molecule is Cn1cnc(CNCc2ccc(F)c(Br)c2)n1. The molecule has 0 aliphatic heterocycles. The summed E-state index contributed by atoms with van der Waals surface area (Å²) in [4.78, 5) is 4.10. The van der Waals surface area contributed by atoms with Crippen LogP contribution in [0.1, 0.15) is 11.4 Å². The summed E-state index contributed by atoms with van der Waals surface area (Å²) in [6.45, 7) is 1.24. The van der Waals surface area contributed by atoms with Crippen molar-refractivity contribution in [3.05, 3.63) is 46.2 Å². The van der Waals surface area contributed by atoms with Gasteiger partial charge in [-0.05, 0) is 33.6 Å². The smallest absolute Gasteiger partial charge is 0.164 e. The molecule has 0 bridgehead atoms. The van der Waals surface area contributed by atoms with Gasteiger partial charge in [-0.1, -0.05) is 6.07 Å². The second-order valence-corrected chi connectivity index (χ2v) is 4.54. The van der Waals surface area contributed by atoms with Gasteiger partial charge in [0.2, 0.25) is 0 Å². The maximum Gasteiger partial charge on any atom is 0.164 e. The van der Waals surface area contributed by atoms with E-state index in [1.807, 2.05) is 7.05 Å². The third-order valence-electron chi connectivity index (χ3n) is 2.24. The highest BCUT2D eigenvalue weighted by molar-refractivity contribution is 9.10. The summed E-state index contributed by atoms with van der Waals surface area (Å²) in [5.74, 6) is 0.494. The molecule has 0 saturated heterocycles. The van der Waals surface area contributed by atoms with Crippen LogP contribution >= 0.6 is 15.9 Å². The quantitative estimate of drug-likeness (QED) is 0.939. The fourth-order valence-electron chi connectivity index (χ4n) is 1.43. The minimum Gasteiger partial charge on any atom is -0.306 e. The van der Waals surface area contributed by atoms with Crippen molar-refractivity contribution in [2.24, 2.45) is 7.05 Å². The van der Waals surface area contributed by atoms with Crippen molar-refractivity contribution in [1.82, 2.24) is 20.1 Å². The van der Waals surface area contributed by atoms with E-state index in [0.29, 0.717) is 17.6 Å². The van der Waals surface area contributed by atoms with Crippen LogP contribution in [0.4, 0.5) is 4.39 Å². The average molecular weight is 299 g/mol. The molecule has 1 N–H and O–H groups in total. The molecule has 4 nitrogen and oxygen atoms in total. The Balaban J connectivity index is 1.87. The predicted octanol–water partition coefficient (Wildman–Crippen LogP) is 2.01. The molecule has 2 aromatic rings. The van der Waals surface area contributed by atoms with E-state index in [1.165, 1.54) is 6.07 Å². The van der Waals surface area contributed by atoms with Crippen LogP contribution in [0.15, 0.2) is 29.0 Å². The van der Waals surface area contributed by atoms with Gasteiger partial charge in [-0.25, -0.2) is 9.37 Å². The number of benzene rings is 1. The van der Waals surface area contributed by atoms with Gasteiger partial charge in [0.05, 0.1) is 11.0 Å². The van der Waals surface area contributed by atoms with Crippen LogP contribution in [-0.2, 0) is 20.1 Å². The van der Waals surface area contributed by atoms with E-state index >= 15 is 0 Å². The van der Waals surface area contributed by atoms with E-state index in [4.69, 9.17) is 0 Å². The van der Waals surface area contributed by atoms with Crippen molar-refractivity contribution in [2.45, 2.75) is 13.1 Å². The summed E-state index contributed by atoms with van der Waals surface area (Å²) in [5.41, 5.74) is 1.01. The van der Waals surface area contributed by atoms with Crippen LogP contribution in [0.2, 0.25) is 0 Å². The molecular weight excluding hydrogens is 287 g/mol. The zero-order chi connectivity index (χ0) is 12.3. The average Bonchev–Trinajstić information content (AvgIpc) is 2.70. The zero-order valence-electron chi connectivity index (χ0n) is 9.32. The van der Waals surface area contributed by atoms with Crippen LogP contribution in [-0.4, -0.2) is 14.8 Å². The standard InChI is InChI=1S/C11H12BrFN4/c1-17-7-15-11(16-17)6-14-5-8-2-3-10(13)9(12)4-8/h2-4,7,14H,5-6H2,1H3. The maximum absolute atomic E-state index is 13.0. The molecule has 0 unspecified atom stereocenters. The number of nitrogens with zero attached hydrogens (tertiary/aromatic N) is 3. The Kier molecular flexibility index (Phi) is 3.86. The molecule has 0 aliphatic carbocycles. The Hall–Kier alpha value is -1.27.